The maximum atomic E-state index is 5.86. The average Bonchev–Trinajstić information content (AvgIpc) is 2.46. The predicted molar refractivity (Wildman–Crippen MR) is 77.6 cm³/mol. The standard InChI is InChI=1S/C16H19NO2/c1-3-12-4-7-14(8-5-12)19-11-13-6-9-16(18-2)15(17)10-13/h4-10H,3,11,17H2,1-2H3. The van der Waals surface area contributed by atoms with E-state index in [1.807, 2.05) is 30.3 Å². The van der Waals surface area contributed by atoms with Crippen molar-refractivity contribution in [1.82, 2.24) is 0 Å². The van der Waals surface area contributed by atoms with Gasteiger partial charge in [0, 0.05) is 0 Å². The topological polar surface area (TPSA) is 44.5 Å². The van der Waals surface area contributed by atoms with Gasteiger partial charge in [-0.2, -0.15) is 0 Å². The van der Waals surface area contributed by atoms with Gasteiger partial charge in [-0.25, -0.2) is 0 Å². The lowest BCUT2D eigenvalue weighted by Gasteiger charge is -2.09. The molecule has 0 saturated heterocycles. The Morgan fingerprint density at radius 2 is 1.68 bits per heavy atom. The molecular weight excluding hydrogens is 238 g/mol. The minimum absolute atomic E-state index is 0.500. The highest BCUT2D eigenvalue weighted by atomic mass is 16.5. The van der Waals surface area contributed by atoms with E-state index in [9.17, 15) is 0 Å². The van der Waals surface area contributed by atoms with E-state index < -0.39 is 0 Å². The third-order valence-electron chi connectivity index (χ3n) is 3.03. The summed E-state index contributed by atoms with van der Waals surface area (Å²) in [6, 6.07) is 13.8. The second-order valence-corrected chi connectivity index (χ2v) is 4.36. The van der Waals surface area contributed by atoms with Crippen molar-refractivity contribution in [2.45, 2.75) is 20.0 Å². The minimum Gasteiger partial charge on any atom is -0.495 e. The van der Waals surface area contributed by atoms with Crippen LogP contribution in [0.3, 0.4) is 0 Å². The van der Waals surface area contributed by atoms with E-state index in [-0.39, 0.29) is 0 Å². The summed E-state index contributed by atoms with van der Waals surface area (Å²) >= 11 is 0. The van der Waals surface area contributed by atoms with Crippen molar-refractivity contribution in [2.75, 3.05) is 12.8 Å². The molecule has 3 nitrogen and oxygen atoms in total. The molecule has 2 rings (SSSR count). The van der Waals surface area contributed by atoms with Gasteiger partial charge >= 0.3 is 0 Å². The summed E-state index contributed by atoms with van der Waals surface area (Å²) in [5.74, 6) is 1.56. The Morgan fingerprint density at radius 1 is 1.00 bits per heavy atom. The fraction of sp³-hybridized carbons (Fsp3) is 0.250. The smallest absolute Gasteiger partial charge is 0.141 e. The molecule has 0 amide bonds. The van der Waals surface area contributed by atoms with Crippen molar-refractivity contribution in [3.05, 3.63) is 53.6 Å². The first kappa shape index (κ1) is 13.3. The van der Waals surface area contributed by atoms with Crippen LogP contribution in [0.4, 0.5) is 5.69 Å². The first-order valence-corrected chi connectivity index (χ1v) is 6.37. The van der Waals surface area contributed by atoms with Crippen molar-refractivity contribution in [3.63, 3.8) is 0 Å². The SMILES string of the molecule is CCc1ccc(OCc2ccc(OC)c(N)c2)cc1. The van der Waals surface area contributed by atoms with Gasteiger partial charge in [-0.3, -0.25) is 0 Å². The zero-order valence-corrected chi connectivity index (χ0v) is 11.3. The fourth-order valence-corrected chi connectivity index (χ4v) is 1.86. The quantitative estimate of drug-likeness (QED) is 0.835. The summed E-state index contributed by atoms with van der Waals surface area (Å²) in [7, 11) is 1.61. The summed E-state index contributed by atoms with van der Waals surface area (Å²) in [5, 5.41) is 0. The molecule has 0 atom stereocenters. The van der Waals surface area contributed by atoms with Crippen molar-refractivity contribution < 1.29 is 9.47 Å². The third kappa shape index (κ3) is 3.41. The number of methoxy groups -OCH3 is 1. The van der Waals surface area contributed by atoms with Crippen LogP contribution in [-0.2, 0) is 13.0 Å². The first-order valence-electron chi connectivity index (χ1n) is 6.37. The third-order valence-corrected chi connectivity index (χ3v) is 3.03. The Labute approximate surface area is 114 Å². The van der Waals surface area contributed by atoms with Crippen LogP contribution < -0.4 is 15.2 Å². The predicted octanol–water partition coefficient (Wildman–Crippen LogP) is 3.42. The van der Waals surface area contributed by atoms with E-state index >= 15 is 0 Å². The molecule has 0 bridgehead atoms. The number of ether oxygens (including phenoxy) is 2. The van der Waals surface area contributed by atoms with Gasteiger partial charge in [0.25, 0.3) is 0 Å². The molecule has 0 saturated carbocycles. The number of hydrogen-bond acceptors (Lipinski definition) is 3. The highest BCUT2D eigenvalue weighted by Gasteiger charge is 2.01. The van der Waals surface area contributed by atoms with Crippen molar-refractivity contribution >= 4 is 5.69 Å². The normalized spacial score (nSPS) is 10.2. The van der Waals surface area contributed by atoms with E-state index in [1.54, 1.807) is 7.11 Å². The number of benzene rings is 2. The largest absolute Gasteiger partial charge is 0.495 e. The van der Waals surface area contributed by atoms with Crippen molar-refractivity contribution in [3.8, 4) is 11.5 Å². The summed E-state index contributed by atoms with van der Waals surface area (Å²) < 4.78 is 10.8. The van der Waals surface area contributed by atoms with Gasteiger partial charge in [0.15, 0.2) is 0 Å². The van der Waals surface area contributed by atoms with Crippen LogP contribution in [0.1, 0.15) is 18.1 Å². The lowest BCUT2D eigenvalue weighted by Crippen LogP contribution is -1.98. The molecule has 0 aliphatic heterocycles. The maximum Gasteiger partial charge on any atom is 0.141 e. The molecule has 0 radical (unpaired) electrons. The fourth-order valence-electron chi connectivity index (χ4n) is 1.86. The van der Waals surface area contributed by atoms with E-state index in [1.165, 1.54) is 5.56 Å². The van der Waals surface area contributed by atoms with Crippen LogP contribution >= 0.6 is 0 Å². The summed E-state index contributed by atoms with van der Waals surface area (Å²) in [5.41, 5.74) is 8.82. The summed E-state index contributed by atoms with van der Waals surface area (Å²) in [4.78, 5) is 0. The molecule has 2 aromatic rings. The Bertz CT molecular complexity index is 535. The van der Waals surface area contributed by atoms with Gasteiger partial charge in [-0.05, 0) is 41.8 Å². The van der Waals surface area contributed by atoms with Crippen LogP contribution in [0, 0.1) is 0 Å². The highest BCUT2D eigenvalue weighted by Crippen LogP contribution is 2.23. The summed E-state index contributed by atoms with van der Waals surface area (Å²) in [6.07, 6.45) is 1.04. The molecule has 0 aliphatic rings. The van der Waals surface area contributed by atoms with Gasteiger partial charge in [-0.1, -0.05) is 25.1 Å². The molecular formula is C16H19NO2. The second kappa shape index (κ2) is 6.14. The Kier molecular flexibility index (Phi) is 4.29. The Morgan fingerprint density at radius 3 is 2.26 bits per heavy atom. The van der Waals surface area contributed by atoms with E-state index in [0.717, 1.165) is 17.7 Å². The molecule has 0 fully saturated rings. The molecule has 2 N–H and O–H groups in total. The van der Waals surface area contributed by atoms with Gasteiger partial charge in [-0.15, -0.1) is 0 Å². The van der Waals surface area contributed by atoms with E-state index in [4.69, 9.17) is 15.2 Å². The van der Waals surface area contributed by atoms with Crippen LogP contribution in [0.25, 0.3) is 0 Å². The van der Waals surface area contributed by atoms with Crippen LogP contribution in [0.15, 0.2) is 42.5 Å². The number of hydrogen-bond donors (Lipinski definition) is 1. The Hall–Kier alpha value is -2.16. The second-order valence-electron chi connectivity index (χ2n) is 4.36. The monoisotopic (exact) mass is 257 g/mol. The Balaban J connectivity index is 1.99. The molecule has 0 aliphatic carbocycles. The van der Waals surface area contributed by atoms with Gasteiger partial charge in [0.2, 0.25) is 0 Å². The van der Waals surface area contributed by atoms with Gasteiger partial charge < -0.3 is 15.2 Å². The number of nitrogens with two attached hydrogens (primary N) is 1. The van der Waals surface area contributed by atoms with Crippen LogP contribution in [-0.4, -0.2) is 7.11 Å². The van der Waals surface area contributed by atoms with Crippen molar-refractivity contribution in [1.29, 1.82) is 0 Å². The maximum absolute atomic E-state index is 5.86. The number of aryl methyl sites for hydroxylation is 1. The lowest BCUT2D eigenvalue weighted by molar-refractivity contribution is 0.306. The average molecular weight is 257 g/mol. The highest BCUT2D eigenvalue weighted by molar-refractivity contribution is 5.54. The number of nitrogen functional groups attached to an aromatic ring is 1. The zero-order chi connectivity index (χ0) is 13.7. The van der Waals surface area contributed by atoms with E-state index in [2.05, 4.69) is 19.1 Å². The number of anilines is 1. The van der Waals surface area contributed by atoms with Crippen LogP contribution in [0.5, 0.6) is 11.5 Å². The zero-order valence-electron chi connectivity index (χ0n) is 11.3. The molecule has 3 heteroatoms. The van der Waals surface area contributed by atoms with Gasteiger partial charge in [0.05, 0.1) is 12.8 Å². The summed E-state index contributed by atoms with van der Waals surface area (Å²) in [6.45, 7) is 2.63. The minimum atomic E-state index is 0.500. The van der Waals surface area contributed by atoms with E-state index in [0.29, 0.717) is 18.0 Å². The van der Waals surface area contributed by atoms with Gasteiger partial charge in [0.1, 0.15) is 18.1 Å². The lowest BCUT2D eigenvalue weighted by atomic mass is 10.2. The molecule has 100 valence electrons. The van der Waals surface area contributed by atoms with Crippen molar-refractivity contribution in [2.24, 2.45) is 0 Å². The molecule has 0 heterocycles. The molecule has 2 aromatic carbocycles. The van der Waals surface area contributed by atoms with Crippen LogP contribution in [0.2, 0.25) is 0 Å². The molecule has 0 spiro atoms. The molecule has 0 aromatic heterocycles. The molecule has 0 unspecified atom stereocenters. The first-order chi connectivity index (χ1) is 9.22. The number of rotatable bonds is 5. The molecule has 19 heavy (non-hydrogen) atoms.